The van der Waals surface area contributed by atoms with Crippen molar-refractivity contribution in [2.75, 3.05) is 13.1 Å². The van der Waals surface area contributed by atoms with E-state index in [1.807, 2.05) is 4.57 Å². The molecule has 0 amide bonds. The maximum absolute atomic E-state index is 13.8. The summed E-state index contributed by atoms with van der Waals surface area (Å²) in [6.07, 6.45) is 3.19. The normalized spacial score (nSPS) is 19.0. The highest BCUT2D eigenvalue weighted by Crippen LogP contribution is 2.25. The Balaban J connectivity index is 1.66. The lowest BCUT2D eigenvalue weighted by Gasteiger charge is -2.17. The van der Waals surface area contributed by atoms with E-state index < -0.39 is 15.8 Å². The predicted octanol–water partition coefficient (Wildman–Crippen LogP) is 2.39. The topological polar surface area (TPSA) is 68.1 Å². The largest absolute Gasteiger partial charge is 0.315 e. The summed E-state index contributed by atoms with van der Waals surface area (Å²) >= 11 is 0. The Bertz CT molecular complexity index is 835. The van der Waals surface area contributed by atoms with E-state index in [1.54, 1.807) is 18.5 Å². The molecule has 2 heterocycles. The van der Waals surface area contributed by atoms with E-state index in [2.05, 4.69) is 24.0 Å². The number of benzene rings is 1. The third kappa shape index (κ3) is 4.07. The van der Waals surface area contributed by atoms with E-state index in [9.17, 15) is 12.8 Å². The Kier molecular flexibility index (Phi) is 5.19. The van der Waals surface area contributed by atoms with Crippen LogP contribution in [-0.2, 0) is 22.2 Å². The molecule has 1 saturated heterocycles. The molecule has 0 spiro atoms. The fourth-order valence-corrected chi connectivity index (χ4v) is 4.85. The highest BCUT2D eigenvalue weighted by atomic mass is 32.2. The van der Waals surface area contributed by atoms with Crippen LogP contribution in [0, 0.1) is 11.7 Å². The van der Waals surface area contributed by atoms with Crippen LogP contribution in [0.2, 0.25) is 0 Å². The van der Waals surface area contributed by atoms with Crippen LogP contribution in [0.15, 0.2) is 30.6 Å². The molecule has 1 fully saturated rings. The molecule has 136 valence electrons. The minimum atomic E-state index is -3.52. The molecular weight excluding hydrogens is 343 g/mol. The van der Waals surface area contributed by atoms with Crippen molar-refractivity contribution in [1.82, 2.24) is 19.1 Å². The van der Waals surface area contributed by atoms with Gasteiger partial charge < -0.3 is 4.57 Å². The van der Waals surface area contributed by atoms with Gasteiger partial charge in [-0.15, -0.1) is 10.2 Å². The van der Waals surface area contributed by atoms with Crippen molar-refractivity contribution < 1.29 is 12.8 Å². The van der Waals surface area contributed by atoms with Crippen LogP contribution in [0.5, 0.6) is 0 Å². The number of hydrogen-bond donors (Lipinski definition) is 0. The highest BCUT2D eigenvalue weighted by Gasteiger charge is 2.32. The Morgan fingerprint density at radius 1 is 1.32 bits per heavy atom. The minimum absolute atomic E-state index is 0.206. The number of rotatable bonds is 6. The third-order valence-corrected chi connectivity index (χ3v) is 6.41. The van der Waals surface area contributed by atoms with E-state index in [4.69, 9.17) is 0 Å². The van der Waals surface area contributed by atoms with Crippen molar-refractivity contribution in [1.29, 1.82) is 0 Å². The van der Waals surface area contributed by atoms with Crippen molar-refractivity contribution in [2.24, 2.45) is 5.92 Å². The second kappa shape index (κ2) is 7.21. The summed E-state index contributed by atoms with van der Waals surface area (Å²) in [5.41, 5.74) is 0.213. The molecule has 25 heavy (non-hydrogen) atoms. The average molecular weight is 366 g/mol. The molecule has 1 atom stereocenters. The van der Waals surface area contributed by atoms with E-state index in [0.29, 0.717) is 19.5 Å². The lowest BCUT2D eigenvalue weighted by molar-refractivity contribution is 0.445. The summed E-state index contributed by atoms with van der Waals surface area (Å²) in [4.78, 5) is 0. The quantitative estimate of drug-likeness (QED) is 0.787. The summed E-state index contributed by atoms with van der Waals surface area (Å²) in [5, 5.41) is 8.12. The van der Waals surface area contributed by atoms with E-state index in [1.165, 1.54) is 16.4 Å². The van der Waals surface area contributed by atoms with Gasteiger partial charge in [-0.2, -0.15) is 0 Å². The van der Waals surface area contributed by atoms with Crippen LogP contribution in [0.4, 0.5) is 4.39 Å². The summed E-state index contributed by atoms with van der Waals surface area (Å²) in [6, 6.07) is 6.29. The molecule has 6 nitrogen and oxygen atoms in total. The van der Waals surface area contributed by atoms with Crippen LogP contribution in [0.25, 0.3) is 0 Å². The zero-order chi connectivity index (χ0) is 18.0. The molecule has 0 radical (unpaired) electrons. The van der Waals surface area contributed by atoms with Crippen LogP contribution in [-0.4, -0.2) is 40.6 Å². The molecule has 3 rings (SSSR count). The van der Waals surface area contributed by atoms with E-state index in [0.717, 1.165) is 12.2 Å². The second-order valence-electron chi connectivity index (χ2n) is 6.81. The number of aromatic nitrogens is 3. The van der Waals surface area contributed by atoms with Crippen LogP contribution < -0.4 is 0 Å². The smallest absolute Gasteiger partial charge is 0.218 e. The predicted molar refractivity (Wildman–Crippen MR) is 92.8 cm³/mol. The summed E-state index contributed by atoms with van der Waals surface area (Å²) in [7, 11) is -3.52. The monoisotopic (exact) mass is 366 g/mol. The first kappa shape index (κ1) is 18.0. The van der Waals surface area contributed by atoms with Gasteiger partial charge in [0.1, 0.15) is 18.0 Å². The summed E-state index contributed by atoms with van der Waals surface area (Å²) < 4.78 is 42.4. The van der Waals surface area contributed by atoms with Gasteiger partial charge in [0.05, 0.1) is 5.75 Å². The molecule has 8 heteroatoms. The summed E-state index contributed by atoms with van der Waals surface area (Å²) in [6.45, 7) is 5.04. The first-order valence-electron chi connectivity index (χ1n) is 8.46. The molecule has 1 aromatic heterocycles. The number of nitrogens with zero attached hydrogens (tertiary/aromatic N) is 4. The average Bonchev–Trinajstić information content (AvgIpc) is 3.19. The van der Waals surface area contributed by atoms with Gasteiger partial charge in [0.25, 0.3) is 0 Å². The standard InChI is InChI=1S/C17H23FN4O2S/c1-13(2)22-12-19-20-17(22)9-14-7-8-21(10-14)25(23,24)11-15-5-3-4-6-16(15)18/h3-6,12-14H,7-11H2,1-2H3. The molecular formula is C17H23FN4O2S. The number of sulfonamides is 1. The van der Waals surface area contributed by atoms with E-state index in [-0.39, 0.29) is 23.3 Å². The van der Waals surface area contributed by atoms with Gasteiger partial charge in [-0.3, -0.25) is 0 Å². The van der Waals surface area contributed by atoms with Crippen molar-refractivity contribution >= 4 is 10.0 Å². The Hall–Kier alpha value is -1.80. The van der Waals surface area contributed by atoms with Crippen molar-refractivity contribution in [3.8, 4) is 0 Å². The first-order valence-corrected chi connectivity index (χ1v) is 10.1. The molecule has 1 aromatic carbocycles. The zero-order valence-corrected chi connectivity index (χ0v) is 15.3. The zero-order valence-electron chi connectivity index (χ0n) is 14.5. The van der Waals surface area contributed by atoms with Gasteiger partial charge in [-0.1, -0.05) is 18.2 Å². The molecule has 0 aliphatic carbocycles. The lowest BCUT2D eigenvalue weighted by Crippen LogP contribution is -2.30. The van der Waals surface area contributed by atoms with Crippen LogP contribution in [0.1, 0.15) is 37.7 Å². The van der Waals surface area contributed by atoms with Crippen LogP contribution in [0.3, 0.4) is 0 Å². The molecule has 0 saturated carbocycles. The highest BCUT2D eigenvalue weighted by molar-refractivity contribution is 7.88. The molecule has 0 bridgehead atoms. The van der Waals surface area contributed by atoms with Gasteiger partial charge in [0, 0.05) is 31.1 Å². The van der Waals surface area contributed by atoms with Crippen molar-refractivity contribution in [2.45, 2.75) is 38.5 Å². The van der Waals surface area contributed by atoms with Gasteiger partial charge in [-0.05, 0) is 32.3 Å². The summed E-state index contributed by atoms with van der Waals surface area (Å²) in [5.74, 6) is 0.312. The number of halogens is 1. The SMILES string of the molecule is CC(C)n1cnnc1CC1CCN(S(=O)(=O)Cc2ccccc2F)C1. The van der Waals surface area contributed by atoms with Crippen molar-refractivity contribution in [3.05, 3.63) is 47.8 Å². The van der Waals surface area contributed by atoms with Crippen molar-refractivity contribution in [3.63, 3.8) is 0 Å². The maximum Gasteiger partial charge on any atom is 0.218 e. The molecule has 1 aliphatic heterocycles. The fraction of sp³-hybridized carbons (Fsp3) is 0.529. The Morgan fingerprint density at radius 3 is 2.80 bits per heavy atom. The molecule has 2 aromatic rings. The lowest BCUT2D eigenvalue weighted by atomic mass is 10.0. The first-order chi connectivity index (χ1) is 11.9. The number of hydrogen-bond acceptors (Lipinski definition) is 4. The molecule has 1 unspecified atom stereocenters. The molecule has 1 aliphatic rings. The fourth-order valence-electron chi connectivity index (χ4n) is 3.22. The van der Waals surface area contributed by atoms with Gasteiger partial charge >= 0.3 is 0 Å². The Labute approximate surface area is 147 Å². The van der Waals surface area contributed by atoms with Gasteiger partial charge in [0.2, 0.25) is 10.0 Å². The molecule has 0 N–H and O–H groups in total. The minimum Gasteiger partial charge on any atom is -0.315 e. The van der Waals surface area contributed by atoms with Gasteiger partial charge in [-0.25, -0.2) is 17.1 Å². The van der Waals surface area contributed by atoms with E-state index >= 15 is 0 Å². The van der Waals surface area contributed by atoms with Crippen LogP contribution >= 0.6 is 0 Å². The second-order valence-corrected chi connectivity index (χ2v) is 8.78. The third-order valence-electron chi connectivity index (χ3n) is 4.61. The Morgan fingerprint density at radius 2 is 2.08 bits per heavy atom. The maximum atomic E-state index is 13.8. The van der Waals surface area contributed by atoms with Gasteiger partial charge in [0.15, 0.2) is 0 Å².